The van der Waals surface area contributed by atoms with Gasteiger partial charge in [0.05, 0.1) is 4.92 Å². The van der Waals surface area contributed by atoms with Gasteiger partial charge in [-0.1, -0.05) is 23.7 Å². The molecule has 0 unspecified atom stereocenters. The molecule has 0 aliphatic rings. The van der Waals surface area contributed by atoms with Crippen molar-refractivity contribution in [1.29, 1.82) is 5.26 Å². The van der Waals surface area contributed by atoms with Crippen molar-refractivity contribution < 1.29 is 9.72 Å². The number of carbonyl (C=O) groups is 1. The molecule has 2 aromatic carbocycles. The third-order valence-corrected chi connectivity index (χ3v) is 3.12. The molecule has 24 heavy (non-hydrogen) atoms. The van der Waals surface area contributed by atoms with Gasteiger partial charge in [-0.15, -0.1) is 0 Å². The van der Waals surface area contributed by atoms with E-state index in [0.717, 1.165) is 0 Å². The molecule has 0 saturated carbocycles. The maximum Gasteiger partial charge on any atom is 0.271 e. The molecule has 0 spiro atoms. The molecule has 0 aliphatic heterocycles. The Labute approximate surface area is 142 Å². The van der Waals surface area contributed by atoms with Crippen LogP contribution in [0.5, 0.6) is 0 Å². The van der Waals surface area contributed by atoms with Crippen LogP contribution < -0.4 is 10.6 Å². The summed E-state index contributed by atoms with van der Waals surface area (Å²) in [5, 5.41) is 25.5. The maximum atomic E-state index is 12.1. The molecule has 0 saturated heterocycles. The molecule has 0 fully saturated rings. The van der Waals surface area contributed by atoms with Crippen LogP contribution in [0.3, 0.4) is 0 Å². The van der Waals surface area contributed by atoms with E-state index in [2.05, 4.69) is 10.6 Å². The summed E-state index contributed by atoms with van der Waals surface area (Å²) in [5.74, 6) is -0.627. The fourth-order valence-corrected chi connectivity index (χ4v) is 1.97. The van der Waals surface area contributed by atoms with E-state index in [-0.39, 0.29) is 11.3 Å². The second-order valence-corrected chi connectivity index (χ2v) is 5.02. The number of non-ortho nitro benzene ring substituents is 1. The van der Waals surface area contributed by atoms with Crippen molar-refractivity contribution in [1.82, 2.24) is 0 Å². The highest BCUT2D eigenvalue weighted by molar-refractivity contribution is 6.31. The van der Waals surface area contributed by atoms with Crippen molar-refractivity contribution in [3.05, 3.63) is 75.4 Å². The molecular formula is C16H11ClN4O3. The molecule has 1 amide bonds. The second kappa shape index (κ2) is 7.76. The summed E-state index contributed by atoms with van der Waals surface area (Å²) >= 11 is 5.83. The Bertz CT molecular complexity index is 858. The van der Waals surface area contributed by atoms with Gasteiger partial charge in [0.2, 0.25) is 0 Å². The summed E-state index contributed by atoms with van der Waals surface area (Å²) in [7, 11) is 0. The van der Waals surface area contributed by atoms with Gasteiger partial charge < -0.3 is 10.6 Å². The fourth-order valence-electron chi connectivity index (χ4n) is 1.78. The molecule has 2 N–H and O–H groups in total. The number of nitro benzene ring substituents is 1. The van der Waals surface area contributed by atoms with E-state index in [9.17, 15) is 14.9 Å². The summed E-state index contributed by atoms with van der Waals surface area (Å²) < 4.78 is 0. The molecule has 2 rings (SSSR count). The Morgan fingerprint density at radius 2 is 1.92 bits per heavy atom. The number of carbonyl (C=O) groups excluding carboxylic acids is 1. The first-order chi connectivity index (χ1) is 11.5. The zero-order valence-electron chi connectivity index (χ0n) is 12.2. The van der Waals surface area contributed by atoms with Gasteiger partial charge in [-0.05, 0) is 24.3 Å². The zero-order chi connectivity index (χ0) is 17.5. The quantitative estimate of drug-likeness (QED) is 0.372. The number of hydrogen-bond acceptors (Lipinski definition) is 5. The molecule has 0 radical (unpaired) electrons. The van der Waals surface area contributed by atoms with Crippen LogP contribution in [-0.4, -0.2) is 10.8 Å². The highest BCUT2D eigenvalue weighted by Crippen LogP contribution is 2.18. The largest absolute Gasteiger partial charge is 0.360 e. The average molecular weight is 343 g/mol. The van der Waals surface area contributed by atoms with Crippen LogP contribution in [0.1, 0.15) is 0 Å². The monoisotopic (exact) mass is 342 g/mol. The summed E-state index contributed by atoms with van der Waals surface area (Å²) in [6.45, 7) is 0. The zero-order valence-corrected chi connectivity index (χ0v) is 12.9. The van der Waals surface area contributed by atoms with Crippen LogP contribution in [0.2, 0.25) is 5.02 Å². The number of benzene rings is 2. The number of nitrogens with zero attached hydrogens (tertiary/aromatic N) is 2. The molecule has 0 heterocycles. The standard InChI is InChI=1S/C16H11ClN4O3/c17-12-3-1-5-14(7-12)20-16(22)11(9-18)10-19-13-4-2-6-15(8-13)21(23)24/h1-8,10,19H,(H,20,22)/b11-10-. The predicted molar refractivity (Wildman–Crippen MR) is 90.5 cm³/mol. The number of nitrogens with one attached hydrogen (secondary N) is 2. The van der Waals surface area contributed by atoms with Gasteiger partial charge in [0, 0.05) is 34.7 Å². The highest BCUT2D eigenvalue weighted by Gasteiger charge is 2.10. The Morgan fingerprint density at radius 1 is 1.21 bits per heavy atom. The lowest BCUT2D eigenvalue weighted by Crippen LogP contribution is -2.14. The van der Waals surface area contributed by atoms with Gasteiger partial charge in [-0.2, -0.15) is 5.26 Å². The molecule has 0 aliphatic carbocycles. The Balaban J connectivity index is 2.11. The first kappa shape index (κ1) is 17.0. The third-order valence-electron chi connectivity index (χ3n) is 2.89. The van der Waals surface area contributed by atoms with Gasteiger partial charge in [-0.25, -0.2) is 0 Å². The van der Waals surface area contributed by atoms with E-state index in [1.165, 1.54) is 24.4 Å². The number of halogens is 1. The third kappa shape index (κ3) is 4.56. The van der Waals surface area contributed by atoms with Gasteiger partial charge >= 0.3 is 0 Å². The molecule has 2 aromatic rings. The lowest BCUT2D eigenvalue weighted by atomic mass is 10.2. The van der Waals surface area contributed by atoms with Crippen molar-refractivity contribution >= 4 is 34.6 Å². The predicted octanol–water partition coefficient (Wildman–Crippen LogP) is 3.71. The van der Waals surface area contributed by atoms with Gasteiger partial charge in [0.15, 0.2) is 0 Å². The van der Waals surface area contributed by atoms with Crippen LogP contribution in [0.4, 0.5) is 17.1 Å². The molecule has 8 heteroatoms. The number of rotatable bonds is 5. The first-order valence-electron chi connectivity index (χ1n) is 6.68. The number of hydrogen-bond donors (Lipinski definition) is 2. The van der Waals surface area contributed by atoms with E-state index in [4.69, 9.17) is 16.9 Å². The van der Waals surface area contributed by atoms with Crippen LogP contribution in [0, 0.1) is 21.4 Å². The number of nitro groups is 1. The Morgan fingerprint density at radius 3 is 2.58 bits per heavy atom. The van der Waals surface area contributed by atoms with Gasteiger partial charge in [0.1, 0.15) is 11.6 Å². The van der Waals surface area contributed by atoms with Gasteiger partial charge in [0.25, 0.3) is 11.6 Å². The summed E-state index contributed by atoms with van der Waals surface area (Å²) in [4.78, 5) is 22.2. The summed E-state index contributed by atoms with van der Waals surface area (Å²) in [6.07, 6.45) is 1.18. The topological polar surface area (TPSA) is 108 Å². The lowest BCUT2D eigenvalue weighted by molar-refractivity contribution is -0.384. The van der Waals surface area contributed by atoms with Crippen molar-refractivity contribution in [3.63, 3.8) is 0 Å². The SMILES string of the molecule is N#C/C(=C/Nc1cccc([N+](=O)[O-])c1)C(=O)Nc1cccc(Cl)c1. The minimum atomic E-state index is -0.627. The molecule has 0 atom stereocenters. The second-order valence-electron chi connectivity index (χ2n) is 4.59. The average Bonchev–Trinajstić information content (AvgIpc) is 2.55. The van der Waals surface area contributed by atoms with Crippen LogP contribution >= 0.6 is 11.6 Å². The fraction of sp³-hybridized carbons (Fsp3) is 0. The molecule has 7 nitrogen and oxygen atoms in total. The lowest BCUT2D eigenvalue weighted by Gasteiger charge is -2.05. The summed E-state index contributed by atoms with van der Waals surface area (Å²) in [6, 6.07) is 14.0. The van der Waals surface area contributed by atoms with Crippen molar-refractivity contribution in [3.8, 4) is 6.07 Å². The van der Waals surface area contributed by atoms with Gasteiger partial charge in [-0.3, -0.25) is 14.9 Å². The van der Waals surface area contributed by atoms with Crippen LogP contribution in [-0.2, 0) is 4.79 Å². The van der Waals surface area contributed by atoms with E-state index >= 15 is 0 Å². The van der Waals surface area contributed by atoms with Crippen molar-refractivity contribution in [2.24, 2.45) is 0 Å². The minimum absolute atomic E-state index is 0.102. The van der Waals surface area contributed by atoms with E-state index in [1.54, 1.807) is 36.4 Å². The molecule has 0 bridgehead atoms. The Hall–Kier alpha value is -3.37. The molecule has 120 valence electrons. The van der Waals surface area contributed by atoms with Crippen molar-refractivity contribution in [2.75, 3.05) is 10.6 Å². The highest BCUT2D eigenvalue weighted by atomic mass is 35.5. The van der Waals surface area contributed by atoms with Crippen LogP contribution in [0.25, 0.3) is 0 Å². The van der Waals surface area contributed by atoms with E-state index in [1.807, 2.05) is 0 Å². The molecular weight excluding hydrogens is 332 g/mol. The van der Waals surface area contributed by atoms with Crippen molar-refractivity contribution in [2.45, 2.75) is 0 Å². The number of amides is 1. The smallest absolute Gasteiger partial charge is 0.271 e. The molecule has 0 aromatic heterocycles. The van der Waals surface area contributed by atoms with Crippen LogP contribution in [0.15, 0.2) is 60.3 Å². The normalized spacial score (nSPS) is 10.6. The number of anilines is 2. The maximum absolute atomic E-state index is 12.1. The first-order valence-corrected chi connectivity index (χ1v) is 7.05. The minimum Gasteiger partial charge on any atom is -0.360 e. The summed E-state index contributed by atoms with van der Waals surface area (Å²) in [5.41, 5.74) is 0.535. The van der Waals surface area contributed by atoms with E-state index < -0.39 is 10.8 Å². The van der Waals surface area contributed by atoms with E-state index in [0.29, 0.717) is 16.4 Å². The Kier molecular flexibility index (Phi) is 5.49. The number of nitriles is 1.